The van der Waals surface area contributed by atoms with Gasteiger partial charge in [0.1, 0.15) is 0 Å². The highest BCUT2D eigenvalue weighted by Gasteiger charge is 2.27. The average molecular weight is 288 g/mol. The van der Waals surface area contributed by atoms with Crippen LogP contribution in [-0.4, -0.2) is 44.7 Å². The molecule has 5 heteroatoms. The van der Waals surface area contributed by atoms with E-state index in [0.717, 1.165) is 38.6 Å². The van der Waals surface area contributed by atoms with Crippen molar-refractivity contribution in [3.05, 3.63) is 12.7 Å². The van der Waals surface area contributed by atoms with Gasteiger partial charge in [-0.25, -0.2) is 12.7 Å². The van der Waals surface area contributed by atoms with Crippen molar-refractivity contribution in [2.24, 2.45) is 5.92 Å². The van der Waals surface area contributed by atoms with Crippen LogP contribution < -0.4 is 5.32 Å². The van der Waals surface area contributed by atoms with E-state index in [1.807, 2.05) is 6.08 Å². The average Bonchev–Trinajstić information content (AvgIpc) is 2.35. The van der Waals surface area contributed by atoms with E-state index in [1.54, 1.807) is 4.31 Å². The van der Waals surface area contributed by atoms with Gasteiger partial charge in [-0.2, -0.15) is 0 Å². The molecule has 0 aromatic rings. The Kier molecular flexibility index (Phi) is 7.04. The Bertz CT molecular complexity index is 368. The van der Waals surface area contributed by atoms with Crippen LogP contribution in [0.5, 0.6) is 0 Å². The number of sulfonamides is 1. The number of piperidine rings is 1. The Morgan fingerprint density at radius 1 is 1.53 bits per heavy atom. The molecule has 0 bridgehead atoms. The molecule has 0 amide bonds. The second kappa shape index (κ2) is 8.02. The first kappa shape index (κ1) is 16.7. The SMILES string of the molecule is C=CCC(CC1CCCN(S(C)(=O)=O)C1)NCCC. The normalized spacial score (nSPS) is 23.2. The fourth-order valence-electron chi connectivity index (χ4n) is 2.74. The summed E-state index contributed by atoms with van der Waals surface area (Å²) in [6.45, 7) is 8.35. The summed E-state index contributed by atoms with van der Waals surface area (Å²) < 4.78 is 24.8. The van der Waals surface area contributed by atoms with Gasteiger partial charge >= 0.3 is 0 Å². The third kappa shape index (κ3) is 6.06. The molecule has 0 aromatic heterocycles. The molecule has 1 aliphatic rings. The van der Waals surface area contributed by atoms with E-state index in [2.05, 4.69) is 18.8 Å². The monoisotopic (exact) mass is 288 g/mol. The Morgan fingerprint density at radius 2 is 2.26 bits per heavy atom. The highest BCUT2D eigenvalue weighted by molar-refractivity contribution is 7.88. The maximum atomic E-state index is 11.6. The van der Waals surface area contributed by atoms with Gasteiger partial charge in [0.2, 0.25) is 10.0 Å². The van der Waals surface area contributed by atoms with Crippen molar-refractivity contribution in [2.45, 2.75) is 45.1 Å². The summed E-state index contributed by atoms with van der Waals surface area (Å²) in [6, 6.07) is 0.432. The molecule has 0 radical (unpaired) electrons. The molecule has 1 fully saturated rings. The van der Waals surface area contributed by atoms with Crippen LogP contribution in [-0.2, 0) is 10.0 Å². The highest BCUT2D eigenvalue weighted by Crippen LogP contribution is 2.23. The molecule has 1 N–H and O–H groups in total. The fraction of sp³-hybridized carbons (Fsp3) is 0.857. The Morgan fingerprint density at radius 3 is 2.84 bits per heavy atom. The maximum absolute atomic E-state index is 11.6. The minimum Gasteiger partial charge on any atom is -0.314 e. The molecule has 19 heavy (non-hydrogen) atoms. The molecule has 1 saturated heterocycles. The highest BCUT2D eigenvalue weighted by atomic mass is 32.2. The van der Waals surface area contributed by atoms with Gasteiger partial charge in [0.25, 0.3) is 0 Å². The molecule has 112 valence electrons. The minimum absolute atomic E-state index is 0.432. The Balaban J connectivity index is 2.51. The van der Waals surface area contributed by atoms with Crippen molar-refractivity contribution in [1.29, 1.82) is 0 Å². The quantitative estimate of drug-likeness (QED) is 0.695. The van der Waals surface area contributed by atoms with Gasteiger partial charge in [-0.3, -0.25) is 0 Å². The summed E-state index contributed by atoms with van der Waals surface area (Å²) in [5.41, 5.74) is 0. The summed E-state index contributed by atoms with van der Waals surface area (Å²) in [5.74, 6) is 0.470. The molecule has 0 saturated carbocycles. The van der Waals surface area contributed by atoms with E-state index >= 15 is 0 Å². The largest absolute Gasteiger partial charge is 0.314 e. The second-order valence-electron chi connectivity index (χ2n) is 5.54. The predicted octanol–water partition coefficient (Wildman–Crippen LogP) is 1.99. The summed E-state index contributed by atoms with van der Waals surface area (Å²) in [5, 5.41) is 3.53. The van der Waals surface area contributed by atoms with Crippen LogP contribution in [0.1, 0.15) is 39.0 Å². The molecular weight excluding hydrogens is 260 g/mol. The zero-order chi connectivity index (χ0) is 14.3. The van der Waals surface area contributed by atoms with Gasteiger partial charge < -0.3 is 5.32 Å². The number of nitrogens with one attached hydrogen (secondary N) is 1. The van der Waals surface area contributed by atoms with Crippen LogP contribution in [0.2, 0.25) is 0 Å². The molecule has 2 unspecified atom stereocenters. The summed E-state index contributed by atoms with van der Waals surface area (Å²) in [6.07, 6.45) is 8.48. The van der Waals surface area contributed by atoms with Crippen LogP contribution in [0.3, 0.4) is 0 Å². The van der Waals surface area contributed by atoms with E-state index < -0.39 is 10.0 Å². The third-order valence-electron chi connectivity index (χ3n) is 3.70. The first-order valence-corrected chi connectivity index (χ1v) is 9.11. The Hall–Kier alpha value is -0.390. The molecule has 2 atom stereocenters. The summed E-state index contributed by atoms with van der Waals surface area (Å²) in [4.78, 5) is 0. The van der Waals surface area contributed by atoms with Crippen LogP contribution in [0, 0.1) is 5.92 Å². The van der Waals surface area contributed by atoms with Crippen LogP contribution in [0.15, 0.2) is 12.7 Å². The van der Waals surface area contributed by atoms with E-state index in [0.29, 0.717) is 25.0 Å². The van der Waals surface area contributed by atoms with Gasteiger partial charge in [-0.15, -0.1) is 6.58 Å². The molecule has 1 rings (SSSR count). The first-order valence-electron chi connectivity index (χ1n) is 7.26. The van der Waals surface area contributed by atoms with Gasteiger partial charge in [-0.05, 0) is 44.6 Å². The summed E-state index contributed by atoms with van der Waals surface area (Å²) in [7, 11) is -3.03. The van der Waals surface area contributed by atoms with E-state index in [9.17, 15) is 8.42 Å². The number of hydrogen-bond acceptors (Lipinski definition) is 3. The third-order valence-corrected chi connectivity index (χ3v) is 4.97. The molecular formula is C14H28N2O2S. The lowest BCUT2D eigenvalue weighted by Gasteiger charge is -2.33. The smallest absolute Gasteiger partial charge is 0.211 e. The number of rotatable bonds is 8. The van der Waals surface area contributed by atoms with Gasteiger partial charge in [0, 0.05) is 19.1 Å². The van der Waals surface area contributed by atoms with Gasteiger partial charge in [-0.1, -0.05) is 13.0 Å². The maximum Gasteiger partial charge on any atom is 0.211 e. The molecule has 1 heterocycles. The van der Waals surface area contributed by atoms with Crippen LogP contribution >= 0.6 is 0 Å². The van der Waals surface area contributed by atoms with Gasteiger partial charge in [0.05, 0.1) is 6.26 Å². The van der Waals surface area contributed by atoms with E-state index in [-0.39, 0.29) is 0 Å². The van der Waals surface area contributed by atoms with Crippen LogP contribution in [0.4, 0.5) is 0 Å². The van der Waals surface area contributed by atoms with Crippen molar-refractivity contribution in [3.8, 4) is 0 Å². The minimum atomic E-state index is -3.03. The zero-order valence-corrected chi connectivity index (χ0v) is 13.1. The lowest BCUT2D eigenvalue weighted by molar-refractivity contribution is 0.237. The standard InChI is InChI=1S/C14H28N2O2S/c1-4-7-14(15-9-5-2)11-13-8-6-10-16(12-13)19(3,17)18/h4,13-15H,1,5-12H2,2-3H3. The molecule has 1 aliphatic heterocycles. The Labute approximate surface area is 118 Å². The molecule has 4 nitrogen and oxygen atoms in total. The molecule has 0 aromatic carbocycles. The zero-order valence-electron chi connectivity index (χ0n) is 12.3. The van der Waals surface area contributed by atoms with E-state index in [4.69, 9.17) is 0 Å². The van der Waals surface area contributed by atoms with Gasteiger partial charge in [0.15, 0.2) is 0 Å². The van der Waals surface area contributed by atoms with Crippen molar-refractivity contribution in [3.63, 3.8) is 0 Å². The number of nitrogens with zero attached hydrogens (tertiary/aromatic N) is 1. The number of hydrogen-bond donors (Lipinski definition) is 1. The van der Waals surface area contributed by atoms with Crippen molar-refractivity contribution in [1.82, 2.24) is 9.62 Å². The topological polar surface area (TPSA) is 49.4 Å². The first-order chi connectivity index (χ1) is 8.97. The van der Waals surface area contributed by atoms with E-state index in [1.165, 1.54) is 6.26 Å². The van der Waals surface area contributed by atoms with Crippen molar-refractivity contribution in [2.75, 3.05) is 25.9 Å². The van der Waals surface area contributed by atoms with Crippen LogP contribution in [0.25, 0.3) is 0 Å². The fourth-order valence-corrected chi connectivity index (χ4v) is 3.68. The lowest BCUT2D eigenvalue weighted by Crippen LogP contribution is -2.41. The summed E-state index contributed by atoms with van der Waals surface area (Å²) >= 11 is 0. The lowest BCUT2D eigenvalue weighted by atomic mass is 9.91. The second-order valence-corrected chi connectivity index (χ2v) is 7.52. The molecule has 0 spiro atoms. The predicted molar refractivity (Wildman–Crippen MR) is 80.7 cm³/mol. The van der Waals surface area contributed by atoms with Crippen molar-refractivity contribution < 1.29 is 8.42 Å². The van der Waals surface area contributed by atoms with Crippen molar-refractivity contribution >= 4 is 10.0 Å². The molecule has 0 aliphatic carbocycles.